The van der Waals surface area contributed by atoms with Gasteiger partial charge in [0.15, 0.2) is 0 Å². The lowest BCUT2D eigenvalue weighted by molar-refractivity contribution is 0.0940. The number of aryl methyl sites for hydroxylation is 1. The van der Waals surface area contributed by atoms with Gasteiger partial charge in [-0.1, -0.05) is 12.1 Å². The van der Waals surface area contributed by atoms with Crippen LogP contribution < -0.4 is 11.1 Å². The van der Waals surface area contributed by atoms with Gasteiger partial charge in [-0.2, -0.15) is 0 Å². The highest BCUT2D eigenvalue weighted by Gasteiger charge is 2.15. The minimum absolute atomic E-state index is 0.151. The van der Waals surface area contributed by atoms with E-state index in [0.29, 0.717) is 15.6 Å². The molecule has 110 valence electrons. The molecule has 4 nitrogen and oxygen atoms in total. The van der Waals surface area contributed by atoms with E-state index in [-0.39, 0.29) is 29.1 Å². The van der Waals surface area contributed by atoms with Gasteiger partial charge in [0, 0.05) is 10.7 Å². The van der Waals surface area contributed by atoms with Crippen molar-refractivity contribution in [2.45, 2.75) is 19.9 Å². The number of nitrogens with one attached hydrogen (secondary N) is 1. The third-order valence-corrected chi connectivity index (χ3v) is 3.61. The molecule has 1 amide bonds. The number of nitrogens with zero attached hydrogens (tertiary/aromatic N) is 1. The van der Waals surface area contributed by atoms with Crippen molar-refractivity contribution in [2.24, 2.45) is 0 Å². The lowest BCUT2D eigenvalue weighted by Crippen LogP contribution is -2.27. The molecule has 3 N–H and O–H groups in total. The molecule has 1 atom stereocenters. The Hall–Kier alpha value is -1.95. The molecule has 0 fully saturated rings. The lowest BCUT2D eigenvalue weighted by Gasteiger charge is -2.15. The van der Waals surface area contributed by atoms with E-state index in [1.54, 1.807) is 32.0 Å². The molecule has 0 saturated carbocycles. The zero-order valence-electron chi connectivity index (χ0n) is 11.7. The molecule has 1 aromatic carbocycles. The number of nitrogen functional groups attached to an aromatic ring is 1. The number of rotatable bonds is 3. The van der Waals surface area contributed by atoms with Crippen LogP contribution in [-0.4, -0.2) is 10.9 Å². The molecule has 2 aromatic rings. The molecule has 0 spiro atoms. The maximum Gasteiger partial charge on any atom is 0.255 e. The largest absolute Gasteiger partial charge is 0.383 e. The van der Waals surface area contributed by atoms with E-state index in [0.717, 1.165) is 0 Å². The van der Waals surface area contributed by atoms with Crippen molar-refractivity contribution < 1.29 is 9.18 Å². The van der Waals surface area contributed by atoms with Crippen molar-refractivity contribution in [2.75, 3.05) is 5.73 Å². The Kier molecular flexibility index (Phi) is 4.57. The number of carbonyl (C=O) groups excluding carboxylic acids is 1. The third kappa shape index (κ3) is 3.58. The van der Waals surface area contributed by atoms with Gasteiger partial charge in [-0.15, -0.1) is 0 Å². The molecule has 0 saturated heterocycles. The van der Waals surface area contributed by atoms with Gasteiger partial charge in [0.2, 0.25) is 0 Å². The fraction of sp³-hybridized carbons (Fsp3) is 0.200. The van der Waals surface area contributed by atoms with Crippen LogP contribution in [-0.2, 0) is 0 Å². The van der Waals surface area contributed by atoms with Crippen molar-refractivity contribution >= 4 is 27.7 Å². The van der Waals surface area contributed by atoms with Crippen molar-refractivity contribution in [3.05, 3.63) is 57.4 Å². The number of aromatic nitrogens is 1. The fourth-order valence-electron chi connectivity index (χ4n) is 1.87. The van der Waals surface area contributed by atoms with E-state index in [1.165, 1.54) is 12.3 Å². The molecule has 21 heavy (non-hydrogen) atoms. The van der Waals surface area contributed by atoms with E-state index in [1.807, 2.05) is 0 Å². The van der Waals surface area contributed by atoms with Gasteiger partial charge in [0.05, 0.1) is 11.6 Å². The van der Waals surface area contributed by atoms with Gasteiger partial charge in [0.25, 0.3) is 5.91 Å². The number of hydrogen-bond donors (Lipinski definition) is 2. The first-order valence-electron chi connectivity index (χ1n) is 6.36. The molecule has 6 heteroatoms. The monoisotopic (exact) mass is 351 g/mol. The number of anilines is 1. The second-order valence-corrected chi connectivity index (χ2v) is 5.71. The molecule has 1 unspecified atom stereocenters. The second kappa shape index (κ2) is 6.22. The van der Waals surface area contributed by atoms with Gasteiger partial charge in [0.1, 0.15) is 11.6 Å². The Morgan fingerprint density at radius 2 is 2.14 bits per heavy atom. The number of pyridine rings is 1. The first-order valence-corrected chi connectivity index (χ1v) is 7.15. The van der Waals surface area contributed by atoms with E-state index < -0.39 is 0 Å². The first kappa shape index (κ1) is 15.4. The Labute approximate surface area is 130 Å². The maximum atomic E-state index is 13.6. The molecule has 0 aliphatic rings. The molecule has 2 rings (SSSR count). The average molecular weight is 352 g/mol. The number of benzene rings is 1. The minimum atomic E-state index is -0.352. The van der Waals surface area contributed by atoms with E-state index >= 15 is 0 Å². The lowest BCUT2D eigenvalue weighted by atomic mass is 10.1. The summed E-state index contributed by atoms with van der Waals surface area (Å²) >= 11 is 3.25. The number of halogens is 2. The van der Waals surface area contributed by atoms with Gasteiger partial charge in [-0.05, 0) is 53.0 Å². The van der Waals surface area contributed by atoms with Crippen LogP contribution in [0.2, 0.25) is 0 Å². The summed E-state index contributed by atoms with van der Waals surface area (Å²) in [4.78, 5) is 16.1. The Balaban J connectivity index is 2.18. The van der Waals surface area contributed by atoms with Gasteiger partial charge >= 0.3 is 0 Å². The number of nitrogens with two attached hydrogens (primary N) is 1. The van der Waals surface area contributed by atoms with Crippen LogP contribution in [0.4, 0.5) is 10.2 Å². The summed E-state index contributed by atoms with van der Waals surface area (Å²) in [6.45, 7) is 3.47. The summed E-state index contributed by atoms with van der Waals surface area (Å²) in [5.41, 5.74) is 7.23. The first-order chi connectivity index (χ1) is 9.88. The summed E-state index contributed by atoms with van der Waals surface area (Å²) in [7, 11) is 0. The number of amides is 1. The molecule has 0 aliphatic heterocycles. The maximum absolute atomic E-state index is 13.6. The van der Waals surface area contributed by atoms with Crippen LogP contribution in [0, 0.1) is 12.7 Å². The molecule has 0 aliphatic carbocycles. The predicted octanol–water partition coefficient (Wildman–Crippen LogP) is 3.36. The highest BCUT2D eigenvalue weighted by Crippen LogP contribution is 2.19. The summed E-state index contributed by atoms with van der Waals surface area (Å²) in [6, 6.07) is 6.14. The summed E-state index contributed by atoms with van der Waals surface area (Å²) in [5, 5.41) is 2.78. The topological polar surface area (TPSA) is 68.0 Å². The Bertz CT molecular complexity index is 691. The molecular weight excluding hydrogens is 337 g/mol. The van der Waals surface area contributed by atoms with E-state index in [2.05, 4.69) is 26.2 Å². The highest BCUT2D eigenvalue weighted by atomic mass is 79.9. The van der Waals surface area contributed by atoms with Crippen molar-refractivity contribution in [1.29, 1.82) is 0 Å². The van der Waals surface area contributed by atoms with Crippen molar-refractivity contribution in [3.63, 3.8) is 0 Å². The molecule has 1 aromatic heterocycles. The SMILES string of the molecule is Cc1ccc(C(C)NC(=O)c2cc(Br)cnc2N)cc1F. The fourth-order valence-corrected chi connectivity index (χ4v) is 2.20. The summed E-state index contributed by atoms with van der Waals surface area (Å²) in [6.07, 6.45) is 1.52. The van der Waals surface area contributed by atoms with E-state index in [4.69, 9.17) is 5.73 Å². The van der Waals surface area contributed by atoms with Gasteiger partial charge in [-0.25, -0.2) is 9.37 Å². The zero-order chi connectivity index (χ0) is 15.6. The number of carbonyl (C=O) groups is 1. The molecular formula is C15H15BrFN3O. The summed E-state index contributed by atoms with van der Waals surface area (Å²) < 4.78 is 14.2. The second-order valence-electron chi connectivity index (χ2n) is 4.79. The molecule has 0 bridgehead atoms. The Morgan fingerprint density at radius 3 is 2.81 bits per heavy atom. The quantitative estimate of drug-likeness (QED) is 0.890. The van der Waals surface area contributed by atoms with Crippen LogP contribution in [0.1, 0.15) is 34.5 Å². The minimum Gasteiger partial charge on any atom is -0.383 e. The smallest absolute Gasteiger partial charge is 0.255 e. The highest BCUT2D eigenvalue weighted by molar-refractivity contribution is 9.10. The normalized spacial score (nSPS) is 12.0. The van der Waals surface area contributed by atoms with Gasteiger partial charge in [-0.3, -0.25) is 4.79 Å². The van der Waals surface area contributed by atoms with Crippen molar-refractivity contribution in [1.82, 2.24) is 10.3 Å². The van der Waals surface area contributed by atoms with Crippen molar-refractivity contribution in [3.8, 4) is 0 Å². The number of hydrogen-bond acceptors (Lipinski definition) is 3. The van der Waals surface area contributed by atoms with Crippen LogP contribution in [0.25, 0.3) is 0 Å². The standard InChI is InChI=1S/C15H15BrFN3O/c1-8-3-4-10(5-13(8)17)9(2)20-15(21)12-6-11(16)7-19-14(12)18/h3-7,9H,1-2H3,(H2,18,19)(H,20,21). The average Bonchev–Trinajstić information content (AvgIpc) is 2.44. The van der Waals surface area contributed by atoms with Crippen LogP contribution in [0.5, 0.6) is 0 Å². The van der Waals surface area contributed by atoms with Crippen LogP contribution in [0.15, 0.2) is 34.9 Å². The van der Waals surface area contributed by atoms with E-state index in [9.17, 15) is 9.18 Å². The summed E-state index contributed by atoms with van der Waals surface area (Å²) in [5.74, 6) is -0.495. The zero-order valence-corrected chi connectivity index (χ0v) is 13.2. The third-order valence-electron chi connectivity index (χ3n) is 3.17. The van der Waals surface area contributed by atoms with Crippen LogP contribution in [0.3, 0.4) is 0 Å². The van der Waals surface area contributed by atoms with Gasteiger partial charge < -0.3 is 11.1 Å². The molecule has 1 heterocycles. The Morgan fingerprint density at radius 1 is 1.43 bits per heavy atom. The van der Waals surface area contributed by atoms with Crippen LogP contribution >= 0.6 is 15.9 Å². The predicted molar refractivity (Wildman–Crippen MR) is 83.4 cm³/mol. The molecule has 0 radical (unpaired) electrons.